The Kier molecular flexibility index (Phi) is 6.74. The highest BCUT2D eigenvalue weighted by atomic mass is 16.5. The number of likely N-dealkylation sites (tertiary alicyclic amines) is 1. The van der Waals surface area contributed by atoms with Gasteiger partial charge in [-0.25, -0.2) is 0 Å². The van der Waals surface area contributed by atoms with Crippen molar-refractivity contribution in [3.63, 3.8) is 0 Å². The van der Waals surface area contributed by atoms with E-state index in [2.05, 4.69) is 15.3 Å². The number of Topliss-reactive ketones (excluding diaryl/α,β-unsaturated/α-hetero) is 2. The molecule has 2 amide bonds. The first-order valence-electron chi connectivity index (χ1n) is 13.9. The topological polar surface area (TPSA) is 124 Å². The number of hydrogen-bond acceptors (Lipinski definition) is 5. The lowest BCUT2D eigenvalue weighted by Crippen LogP contribution is -2.53. The summed E-state index contributed by atoms with van der Waals surface area (Å²) in [5, 5.41) is 3.81. The van der Waals surface area contributed by atoms with Gasteiger partial charge in [0.1, 0.15) is 23.3 Å². The predicted octanol–water partition coefficient (Wildman–Crippen LogP) is 3.87. The lowest BCUT2D eigenvalue weighted by molar-refractivity contribution is -0.127. The first kappa shape index (κ1) is 25.4. The van der Waals surface area contributed by atoms with E-state index >= 15 is 0 Å². The first-order chi connectivity index (χ1) is 18.9. The number of carbonyl (C=O) groups is 4. The first-order valence-corrected chi connectivity index (χ1v) is 13.9. The van der Waals surface area contributed by atoms with E-state index in [0.29, 0.717) is 30.1 Å². The van der Waals surface area contributed by atoms with E-state index in [4.69, 9.17) is 4.74 Å². The van der Waals surface area contributed by atoms with Gasteiger partial charge in [0.15, 0.2) is 0 Å². The van der Waals surface area contributed by atoms with Crippen LogP contribution < -0.4 is 10.1 Å². The fourth-order valence-corrected chi connectivity index (χ4v) is 7.01. The van der Waals surface area contributed by atoms with Crippen molar-refractivity contribution in [3.8, 4) is 5.75 Å². The molecule has 0 radical (unpaired) electrons. The summed E-state index contributed by atoms with van der Waals surface area (Å²) in [6, 6.07) is 9.29. The van der Waals surface area contributed by atoms with Crippen LogP contribution in [0.2, 0.25) is 0 Å². The third-order valence-electron chi connectivity index (χ3n) is 8.94. The van der Waals surface area contributed by atoms with Gasteiger partial charge in [0.25, 0.3) is 5.91 Å². The molecule has 1 aromatic carbocycles. The van der Waals surface area contributed by atoms with E-state index < -0.39 is 12.1 Å². The Labute approximate surface area is 226 Å². The van der Waals surface area contributed by atoms with Gasteiger partial charge in [-0.15, -0.1) is 0 Å². The number of ketones is 2. The Morgan fingerprint density at radius 2 is 1.97 bits per heavy atom. The molecule has 5 unspecified atom stereocenters. The minimum absolute atomic E-state index is 0.0437. The summed E-state index contributed by atoms with van der Waals surface area (Å²) in [6.45, 7) is 0.504. The van der Waals surface area contributed by atoms with Crippen molar-refractivity contribution in [1.29, 1.82) is 0 Å². The van der Waals surface area contributed by atoms with Crippen molar-refractivity contribution in [3.05, 3.63) is 54.0 Å². The van der Waals surface area contributed by atoms with Gasteiger partial charge >= 0.3 is 0 Å². The van der Waals surface area contributed by atoms with Gasteiger partial charge in [0.2, 0.25) is 11.7 Å². The molecule has 39 heavy (non-hydrogen) atoms. The Bertz CT molecular complexity index is 1410. The van der Waals surface area contributed by atoms with Gasteiger partial charge in [0.05, 0.1) is 18.8 Å². The molecule has 6 rings (SSSR count). The second-order valence-corrected chi connectivity index (χ2v) is 11.2. The zero-order valence-corrected chi connectivity index (χ0v) is 22.1. The number of H-pyrrole nitrogens is 2. The molecule has 3 fully saturated rings. The number of fused-ring (bicyclic) bond motifs is 2. The predicted molar refractivity (Wildman–Crippen MR) is 145 cm³/mol. The maximum absolute atomic E-state index is 14.0. The highest BCUT2D eigenvalue weighted by Crippen LogP contribution is 2.43. The Hall–Kier alpha value is -3.88. The standard InChI is InChI=1S/C30H34N4O5/c1-39-26-12-4-9-21-20(26)15-24(32-21)30(38)34-16-18-7-2-8-19(18)27(34)29(37)33-23(14-17-6-3-11-25(17)35)28(36)22-10-5-13-31-22/h4-5,9-10,12-13,15,17-19,23,27,31-32H,2-3,6-8,11,14,16H2,1H3,(H,33,37). The fourth-order valence-electron chi connectivity index (χ4n) is 7.01. The molecular formula is C30H34N4O5. The van der Waals surface area contributed by atoms with Crippen LogP contribution in [0.25, 0.3) is 10.9 Å². The molecule has 204 valence electrons. The van der Waals surface area contributed by atoms with Crippen LogP contribution >= 0.6 is 0 Å². The smallest absolute Gasteiger partial charge is 0.271 e. The van der Waals surface area contributed by atoms with Gasteiger partial charge < -0.3 is 24.9 Å². The van der Waals surface area contributed by atoms with E-state index in [1.165, 1.54) is 0 Å². The van der Waals surface area contributed by atoms with E-state index in [0.717, 1.165) is 43.0 Å². The van der Waals surface area contributed by atoms with Crippen LogP contribution in [-0.2, 0) is 9.59 Å². The molecule has 2 saturated carbocycles. The van der Waals surface area contributed by atoms with Crippen molar-refractivity contribution < 1.29 is 23.9 Å². The highest BCUT2D eigenvalue weighted by molar-refractivity contribution is 6.04. The van der Waals surface area contributed by atoms with Crippen LogP contribution in [0.1, 0.15) is 65.9 Å². The monoisotopic (exact) mass is 530 g/mol. The maximum atomic E-state index is 14.0. The van der Waals surface area contributed by atoms with Crippen molar-refractivity contribution >= 4 is 34.3 Å². The molecule has 1 saturated heterocycles. The molecule has 3 heterocycles. The number of nitrogens with one attached hydrogen (secondary N) is 3. The highest BCUT2D eigenvalue weighted by Gasteiger charge is 2.50. The van der Waals surface area contributed by atoms with E-state index in [1.807, 2.05) is 18.2 Å². The zero-order chi connectivity index (χ0) is 27.1. The minimum atomic E-state index is -0.835. The SMILES string of the molecule is COc1cccc2[nH]c(C(=O)N3CC4CCCC4C3C(=O)NC(CC3CCCC3=O)C(=O)c3ccc[nH]3)cc12. The summed E-state index contributed by atoms with van der Waals surface area (Å²) in [7, 11) is 1.59. The van der Waals surface area contributed by atoms with Crippen molar-refractivity contribution in [2.24, 2.45) is 17.8 Å². The zero-order valence-electron chi connectivity index (χ0n) is 22.1. The molecule has 1 aliphatic heterocycles. The molecule has 0 bridgehead atoms. The third-order valence-corrected chi connectivity index (χ3v) is 8.94. The molecule has 5 atom stereocenters. The van der Waals surface area contributed by atoms with E-state index in [9.17, 15) is 19.2 Å². The number of nitrogens with zero attached hydrogens (tertiary/aromatic N) is 1. The normalized spacial score (nSPS) is 25.2. The number of benzene rings is 1. The lowest BCUT2D eigenvalue weighted by atomic mass is 9.91. The van der Waals surface area contributed by atoms with Crippen molar-refractivity contribution in [2.45, 2.75) is 57.0 Å². The van der Waals surface area contributed by atoms with Gasteiger partial charge in [-0.2, -0.15) is 0 Å². The number of ether oxygens (including phenoxy) is 1. The Morgan fingerprint density at radius 3 is 2.72 bits per heavy atom. The molecule has 2 aliphatic carbocycles. The average molecular weight is 531 g/mol. The average Bonchev–Trinajstić information content (AvgIpc) is 3.75. The number of rotatable bonds is 8. The van der Waals surface area contributed by atoms with E-state index in [-0.39, 0.29) is 47.6 Å². The van der Waals surface area contributed by atoms with Gasteiger partial charge in [-0.1, -0.05) is 12.5 Å². The molecule has 3 aromatic rings. The summed E-state index contributed by atoms with van der Waals surface area (Å²) >= 11 is 0. The molecule has 9 nitrogen and oxygen atoms in total. The summed E-state index contributed by atoms with van der Waals surface area (Å²) in [4.78, 5) is 61.5. The summed E-state index contributed by atoms with van der Waals surface area (Å²) < 4.78 is 5.46. The van der Waals surface area contributed by atoms with Crippen molar-refractivity contribution in [1.82, 2.24) is 20.2 Å². The molecule has 9 heteroatoms. The van der Waals surface area contributed by atoms with E-state index in [1.54, 1.807) is 36.4 Å². The summed E-state index contributed by atoms with van der Waals surface area (Å²) in [5.74, 6) is 0.0760. The minimum Gasteiger partial charge on any atom is -0.496 e. The molecule has 2 aromatic heterocycles. The number of aromatic amines is 2. The number of amides is 2. The maximum Gasteiger partial charge on any atom is 0.271 e. The van der Waals surface area contributed by atoms with Crippen LogP contribution in [0.15, 0.2) is 42.6 Å². The summed E-state index contributed by atoms with van der Waals surface area (Å²) in [6.07, 6.45) is 6.86. The second kappa shape index (κ2) is 10.4. The van der Waals surface area contributed by atoms with Crippen LogP contribution in [-0.4, -0.2) is 64.0 Å². The number of hydrogen-bond donors (Lipinski definition) is 3. The Morgan fingerprint density at radius 1 is 1.10 bits per heavy atom. The van der Waals surface area contributed by atoms with Crippen LogP contribution in [0.3, 0.4) is 0 Å². The molecule has 3 aliphatic rings. The quantitative estimate of drug-likeness (QED) is 0.382. The molecule has 0 spiro atoms. The van der Waals surface area contributed by atoms with Gasteiger partial charge in [-0.3, -0.25) is 19.2 Å². The molecule has 3 N–H and O–H groups in total. The Balaban J connectivity index is 1.28. The van der Waals surface area contributed by atoms with Gasteiger partial charge in [0, 0.05) is 36.0 Å². The number of methoxy groups -OCH3 is 1. The van der Waals surface area contributed by atoms with Crippen LogP contribution in [0, 0.1) is 17.8 Å². The number of aromatic nitrogens is 2. The fraction of sp³-hybridized carbons (Fsp3) is 0.467. The third kappa shape index (κ3) is 4.64. The largest absolute Gasteiger partial charge is 0.496 e. The lowest BCUT2D eigenvalue weighted by Gasteiger charge is -2.29. The second-order valence-electron chi connectivity index (χ2n) is 11.2. The van der Waals surface area contributed by atoms with Gasteiger partial charge in [-0.05, 0) is 74.3 Å². The van der Waals surface area contributed by atoms with Crippen molar-refractivity contribution in [2.75, 3.05) is 13.7 Å². The number of carbonyl (C=O) groups excluding carboxylic acids is 4. The van der Waals surface area contributed by atoms with Crippen LogP contribution in [0.4, 0.5) is 0 Å². The van der Waals surface area contributed by atoms with Crippen LogP contribution in [0.5, 0.6) is 5.75 Å². The summed E-state index contributed by atoms with van der Waals surface area (Å²) in [5.41, 5.74) is 1.59. The molecular weight excluding hydrogens is 496 g/mol.